The molecule has 9 heteroatoms. The standard InChI is InChI=1S/C18H26ClN3O4S/c1-14(21-9-11-26-12-10-21)18(23)20-17-13-15(5-6-16(17)19)27(24,25)22-7-3-2-4-8-22/h5-6,13-14H,2-4,7-12H2,1H3,(H,20,23)/t14-/m0/s1. The minimum atomic E-state index is -3.58. The van der Waals surface area contributed by atoms with Crippen LogP contribution in [0, 0.1) is 0 Å². The topological polar surface area (TPSA) is 79.0 Å². The quantitative estimate of drug-likeness (QED) is 0.797. The molecule has 1 amide bonds. The molecule has 150 valence electrons. The number of ether oxygens (including phenoxy) is 1. The van der Waals surface area contributed by atoms with Crippen molar-refractivity contribution in [3.05, 3.63) is 23.2 Å². The number of nitrogens with zero attached hydrogens (tertiary/aromatic N) is 2. The Morgan fingerprint density at radius 2 is 1.81 bits per heavy atom. The molecule has 27 heavy (non-hydrogen) atoms. The van der Waals surface area contributed by atoms with Crippen LogP contribution >= 0.6 is 11.6 Å². The molecule has 2 aliphatic rings. The van der Waals surface area contributed by atoms with E-state index in [4.69, 9.17) is 16.3 Å². The lowest BCUT2D eigenvalue weighted by Gasteiger charge is -2.31. The molecule has 0 aromatic heterocycles. The van der Waals surface area contributed by atoms with Gasteiger partial charge in [-0.25, -0.2) is 8.42 Å². The van der Waals surface area contributed by atoms with Gasteiger partial charge >= 0.3 is 0 Å². The lowest BCUT2D eigenvalue weighted by molar-refractivity contribution is -0.122. The molecule has 2 heterocycles. The normalized spacial score (nSPS) is 21.0. The van der Waals surface area contributed by atoms with Crippen LogP contribution in [0.3, 0.4) is 0 Å². The van der Waals surface area contributed by atoms with Crippen molar-refractivity contribution in [1.29, 1.82) is 0 Å². The largest absolute Gasteiger partial charge is 0.379 e. The van der Waals surface area contributed by atoms with Gasteiger partial charge in [-0.2, -0.15) is 4.31 Å². The van der Waals surface area contributed by atoms with E-state index >= 15 is 0 Å². The number of piperidine rings is 1. The molecular weight excluding hydrogens is 390 g/mol. The predicted molar refractivity (Wildman–Crippen MR) is 105 cm³/mol. The number of carbonyl (C=O) groups excluding carboxylic acids is 1. The summed E-state index contributed by atoms with van der Waals surface area (Å²) in [6.07, 6.45) is 2.79. The summed E-state index contributed by atoms with van der Waals surface area (Å²) in [6.45, 7) is 5.45. The maximum Gasteiger partial charge on any atom is 0.243 e. The highest BCUT2D eigenvalue weighted by molar-refractivity contribution is 7.89. The number of benzene rings is 1. The van der Waals surface area contributed by atoms with E-state index in [1.165, 1.54) is 22.5 Å². The van der Waals surface area contributed by atoms with E-state index in [1.54, 1.807) is 0 Å². The first kappa shape index (κ1) is 20.5. The van der Waals surface area contributed by atoms with Gasteiger partial charge in [0.25, 0.3) is 0 Å². The first-order chi connectivity index (χ1) is 12.9. The van der Waals surface area contributed by atoms with Gasteiger partial charge in [0.2, 0.25) is 15.9 Å². The molecule has 1 N–H and O–H groups in total. The summed E-state index contributed by atoms with van der Waals surface area (Å²) in [6, 6.07) is 4.11. The molecule has 1 atom stereocenters. The number of nitrogens with one attached hydrogen (secondary N) is 1. The van der Waals surface area contributed by atoms with Crippen LogP contribution in [0.2, 0.25) is 5.02 Å². The summed E-state index contributed by atoms with van der Waals surface area (Å²) in [5, 5.41) is 3.10. The number of hydrogen-bond donors (Lipinski definition) is 1. The fraction of sp³-hybridized carbons (Fsp3) is 0.611. The zero-order valence-electron chi connectivity index (χ0n) is 15.5. The van der Waals surface area contributed by atoms with Crippen molar-refractivity contribution in [3.63, 3.8) is 0 Å². The van der Waals surface area contributed by atoms with Crippen LogP contribution in [-0.4, -0.2) is 69.0 Å². The number of halogens is 1. The minimum Gasteiger partial charge on any atom is -0.379 e. The molecule has 2 saturated heterocycles. The van der Waals surface area contributed by atoms with Crippen molar-refractivity contribution < 1.29 is 17.9 Å². The molecular formula is C18H26ClN3O4S. The van der Waals surface area contributed by atoms with Crippen LogP contribution in [0.5, 0.6) is 0 Å². The van der Waals surface area contributed by atoms with Gasteiger partial charge in [-0.05, 0) is 38.0 Å². The van der Waals surface area contributed by atoms with E-state index in [-0.39, 0.29) is 16.8 Å². The molecule has 0 saturated carbocycles. The third-order valence-corrected chi connectivity index (χ3v) is 7.35. The van der Waals surface area contributed by atoms with Gasteiger partial charge in [0.15, 0.2) is 0 Å². The van der Waals surface area contributed by atoms with E-state index in [9.17, 15) is 13.2 Å². The zero-order chi connectivity index (χ0) is 19.4. The van der Waals surface area contributed by atoms with Gasteiger partial charge in [-0.3, -0.25) is 9.69 Å². The van der Waals surface area contributed by atoms with Gasteiger partial charge in [0.05, 0.1) is 34.9 Å². The van der Waals surface area contributed by atoms with Crippen molar-refractivity contribution in [2.75, 3.05) is 44.7 Å². The van der Waals surface area contributed by atoms with Crippen LogP contribution in [0.1, 0.15) is 26.2 Å². The maximum atomic E-state index is 12.9. The highest BCUT2D eigenvalue weighted by Crippen LogP contribution is 2.28. The van der Waals surface area contributed by atoms with Gasteiger partial charge < -0.3 is 10.1 Å². The Bertz CT molecular complexity index is 775. The second-order valence-electron chi connectivity index (χ2n) is 6.92. The third kappa shape index (κ3) is 4.81. The predicted octanol–water partition coefficient (Wildman–Crippen LogP) is 2.17. The van der Waals surface area contributed by atoms with Crippen molar-refractivity contribution in [1.82, 2.24) is 9.21 Å². The van der Waals surface area contributed by atoms with Gasteiger partial charge in [-0.15, -0.1) is 0 Å². The molecule has 0 bridgehead atoms. The lowest BCUT2D eigenvalue weighted by atomic mass is 10.2. The van der Waals surface area contributed by atoms with Crippen LogP contribution in [0.15, 0.2) is 23.1 Å². The Kier molecular flexibility index (Phi) is 6.75. The van der Waals surface area contributed by atoms with Gasteiger partial charge in [-0.1, -0.05) is 18.0 Å². The molecule has 3 rings (SSSR count). The van der Waals surface area contributed by atoms with E-state index in [1.807, 2.05) is 11.8 Å². The highest BCUT2D eigenvalue weighted by atomic mass is 35.5. The van der Waals surface area contributed by atoms with Crippen molar-refractivity contribution >= 4 is 33.2 Å². The number of sulfonamides is 1. The van der Waals surface area contributed by atoms with Crippen molar-refractivity contribution in [2.45, 2.75) is 37.1 Å². The Hall–Kier alpha value is -1.19. The van der Waals surface area contributed by atoms with Crippen LogP contribution in [0.4, 0.5) is 5.69 Å². The van der Waals surface area contributed by atoms with Crippen LogP contribution in [-0.2, 0) is 19.6 Å². The SMILES string of the molecule is C[C@@H](C(=O)Nc1cc(S(=O)(=O)N2CCCCC2)ccc1Cl)N1CCOCC1. The first-order valence-corrected chi connectivity index (χ1v) is 11.1. The van der Waals surface area contributed by atoms with Crippen LogP contribution in [0.25, 0.3) is 0 Å². The number of carbonyl (C=O) groups is 1. The fourth-order valence-corrected chi connectivity index (χ4v) is 5.09. The van der Waals surface area contributed by atoms with E-state index in [2.05, 4.69) is 5.32 Å². The Labute approximate surface area is 165 Å². The zero-order valence-corrected chi connectivity index (χ0v) is 17.1. The number of hydrogen-bond acceptors (Lipinski definition) is 5. The number of anilines is 1. The van der Waals surface area contributed by atoms with Gasteiger partial charge in [0, 0.05) is 26.2 Å². The summed E-state index contributed by atoms with van der Waals surface area (Å²) in [7, 11) is -3.58. The highest BCUT2D eigenvalue weighted by Gasteiger charge is 2.28. The Balaban J connectivity index is 1.75. The maximum absolute atomic E-state index is 12.9. The molecule has 7 nitrogen and oxygen atoms in total. The minimum absolute atomic E-state index is 0.156. The second kappa shape index (κ2) is 8.87. The van der Waals surface area contributed by atoms with E-state index < -0.39 is 10.0 Å². The number of morpholine rings is 1. The van der Waals surface area contributed by atoms with Gasteiger partial charge in [0.1, 0.15) is 0 Å². The summed E-state index contributed by atoms with van der Waals surface area (Å²) in [5.41, 5.74) is 0.319. The first-order valence-electron chi connectivity index (χ1n) is 9.32. The number of rotatable bonds is 5. The molecule has 1 aromatic rings. The van der Waals surface area contributed by atoms with E-state index in [0.29, 0.717) is 50.1 Å². The number of amides is 1. The second-order valence-corrected chi connectivity index (χ2v) is 9.27. The average Bonchev–Trinajstić information content (AvgIpc) is 2.70. The fourth-order valence-electron chi connectivity index (χ4n) is 3.38. The lowest BCUT2D eigenvalue weighted by Crippen LogP contribution is -2.47. The van der Waals surface area contributed by atoms with Crippen molar-refractivity contribution in [3.8, 4) is 0 Å². The third-order valence-electron chi connectivity index (χ3n) is 5.12. The molecule has 0 aliphatic carbocycles. The Morgan fingerprint density at radius 3 is 2.48 bits per heavy atom. The molecule has 0 unspecified atom stereocenters. The molecule has 1 aromatic carbocycles. The summed E-state index contributed by atoms with van der Waals surface area (Å²) in [4.78, 5) is 14.8. The summed E-state index contributed by atoms with van der Waals surface area (Å²) < 4.78 is 32.5. The van der Waals surface area contributed by atoms with Crippen LogP contribution < -0.4 is 5.32 Å². The Morgan fingerprint density at radius 1 is 1.15 bits per heavy atom. The molecule has 0 radical (unpaired) electrons. The molecule has 2 aliphatic heterocycles. The van der Waals surface area contributed by atoms with E-state index in [0.717, 1.165) is 19.3 Å². The molecule has 0 spiro atoms. The summed E-state index contributed by atoms with van der Waals surface area (Å²) >= 11 is 6.21. The summed E-state index contributed by atoms with van der Waals surface area (Å²) in [5.74, 6) is -0.216. The average molecular weight is 416 g/mol. The smallest absolute Gasteiger partial charge is 0.243 e. The van der Waals surface area contributed by atoms with Crippen molar-refractivity contribution in [2.24, 2.45) is 0 Å². The molecule has 2 fully saturated rings. The monoisotopic (exact) mass is 415 g/mol.